The van der Waals surface area contributed by atoms with Crippen LogP contribution in [-0.2, 0) is 4.74 Å². The van der Waals surface area contributed by atoms with E-state index in [-0.39, 0.29) is 28.6 Å². The summed E-state index contributed by atoms with van der Waals surface area (Å²) in [5.41, 5.74) is -0.549. The number of benzene rings is 1. The highest BCUT2D eigenvalue weighted by molar-refractivity contribution is 5.73. The van der Waals surface area contributed by atoms with Crippen LogP contribution in [0.3, 0.4) is 0 Å². The van der Waals surface area contributed by atoms with Crippen molar-refractivity contribution in [3.05, 3.63) is 27.8 Å². The zero-order valence-corrected chi connectivity index (χ0v) is 16.5. The maximum atomic E-state index is 12.3. The minimum Gasteiger partial charge on any atom is -0.487 e. The van der Waals surface area contributed by atoms with Crippen LogP contribution in [0.25, 0.3) is 0 Å². The number of likely N-dealkylation sites (tertiary alicyclic amines) is 1. The number of carbonyl (C=O) groups is 1. The molecule has 0 aromatic heterocycles. The van der Waals surface area contributed by atoms with Crippen molar-refractivity contribution in [2.45, 2.75) is 44.8 Å². The third-order valence-corrected chi connectivity index (χ3v) is 5.33. The number of hydrogen-bond donors (Lipinski definition) is 0. The molecule has 0 radical (unpaired) electrons. The highest BCUT2D eigenvalue weighted by atomic mass is 16.6. The first-order valence-corrected chi connectivity index (χ1v) is 9.14. The summed E-state index contributed by atoms with van der Waals surface area (Å²) < 4.78 is 11.3. The van der Waals surface area contributed by atoms with Crippen LogP contribution in [-0.4, -0.2) is 53.8 Å². The molecular weight excluding hydrogens is 364 g/mol. The van der Waals surface area contributed by atoms with Gasteiger partial charge in [-0.3, -0.25) is 10.1 Å². The van der Waals surface area contributed by atoms with E-state index < -0.39 is 10.5 Å². The summed E-state index contributed by atoms with van der Waals surface area (Å²) in [4.78, 5) is 26.6. The maximum absolute atomic E-state index is 12.3. The van der Waals surface area contributed by atoms with Gasteiger partial charge in [-0.05, 0) is 39.7 Å². The van der Waals surface area contributed by atoms with Crippen molar-refractivity contribution >= 4 is 17.5 Å². The molecule has 9 heteroatoms. The van der Waals surface area contributed by atoms with Crippen molar-refractivity contribution in [1.82, 2.24) is 4.90 Å². The van der Waals surface area contributed by atoms with E-state index in [1.807, 2.05) is 38.8 Å². The van der Waals surface area contributed by atoms with E-state index in [2.05, 4.69) is 0 Å². The Hall–Kier alpha value is -3.02. The molecule has 150 valence electrons. The van der Waals surface area contributed by atoms with Gasteiger partial charge in [0.05, 0.1) is 16.1 Å². The summed E-state index contributed by atoms with van der Waals surface area (Å²) >= 11 is 0. The van der Waals surface area contributed by atoms with E-state index in [0.717, 1.165) is 0 Å². The summed E-state index contributed by atoms with van der Waals surface area (Å²) in [5, 5.41) is 20.6. The number of fused-ring (bicyclic) bond motifs is 1. The second-order valence-corrected chi connectivity index (χ2v) is 8.22. The average molecular weight is 388 g/mol. The number of nitro benzene ring substituents is 1. The number of carbonyl (C=O) groups excluding carboxylic acids is 1. The number of nitro groups is 1. The van der Waals surface area contributed by atoms with Crippen molar-refractivity contribution in [2.24, 2.45) is 0 Å². The molecular formula is C19H24N4O5. The molecule has 0 unspecified atom stereocenters. The second kappa shape index (κ2) is 6.86. The predicted molar refractivity (Wildman–Crippen MR) is 101 cm³/mol. The Morgan fingerprint density at radius 1 is 1.36 bits per heavy atom. The number of piperidine rings is 1. The van der Waals surface area contributed by atoms with Crippen molar-refractivity contribution in [2.75, 3.05) is 31.6 Å². The number of ether oxygens (including phenoxy) is 2. The predicted octanol–water partition coefficient (Wildman–Crippen LogP) is 3.06. The Morgan fingerprint density at radius 3 is 2.54 bits per heavy atom. The van der Waals surface area contributed by atoms with Crippen LogP contribution in [0.5, 0.6) is 5.75 Å². The molecule has 0 saturated carbocycles. The number of nitriles is 1. The number of amides is 1. The van der Waals surface area contributed by atoms with Gasteiger partial charge < -0.3 is 19.3 Å². The Kier molecular flexibility index (Phi) is 4.83. The fourth-order valence-electron chi connectivity index (χ4n) is 3.70. The molecule has 28 heavy (non-hydrogen) atoms. The standard InChI is InChI=1S/C19H24N4O5/c1-18(2,3)28-17(24)22-9-7-19(8-10-22)12-27-16-13(11-20)14(23(25)26)5-6-15(16)21(19)4/h5-6H,7-10,12H2,1-4H3. The van der Waals surface area contributed by atoms with Gasteiger partial charge in [0, 0.05) is 26.2 Å². The largest absolute Gasteiger partial charge is 0.487 e. The Bertz CT molecular complexity index is 847. The molecule has 2 aliphatic heterocycles. The van der Waals surface area contributed by atoms with Gasteiger partial charge in [0.15, 0.2) is 11.3 Å². The molecule has 1 spiro atoms. The van der Waals surface area contributed by atoms with Crippen LogP contribution >= 0.6 is 0 Å². The molecule has 1 saturated heterocycles. The first kappa shape index (κ1) is 19.7. The van der Waals surface area contributed by atoms with Gasteiger partial charge in [-0.2, -0.15) is 5.26 Å². The monoisotopic (exact) mass is 388 g/mol. The maximum Gasteiger partial charge on any atom is 0.410 e. The summed E-state index contributed by atoms with van der Waals surface area (Å²) in [7, 11) is 1.90. The quantitative estimate of drug-likeness (QED) is 0.537. The van der Waals surface area contributed by atoms with Gasteiger partial charge in [-0.1, -0.05) is 0 Å². The Morgan fingerprint density at radius 2 is 2.00 bits per heavy atom. The van der Waals surface area contributed by atoms with Crippen molar-refractivity contribution in [1.29, 1.82) is 5.26 Å². The molecule has 1 aromatic rings. The fraction of sp³-hybridized carbons (Fsp3) is 0.579. The molecule has 1 amide bonds. The van der Waals surface area contributed by atoms with E-state index in [1.54, 1.807) is 11.0 Å². The molecule has 2 aliphatic rings. The van der Waals surface area contributed by atoms with Crippen LogP contribution in [0.1, 0.15) is 39.2 Å². The van der Waals surface area contributed by atoms with Crippen LogP contribution in [0.15, 0.2) is 12.1 Å². The third-order valence-electron chi connectivity index (χ3n) is 5.33. The normalized spacial score (nSPS) is 18.1. The van der Waals surface area contributed by atoms with Crippen molar-refractivity contribution in [3.8, 4) is 11.8 Å². The smallest absolute Gasteiger partial charge is 0.410 e. The topological polar surface area (TPSA) is 109 Å². The molecule has 0 bridgehead atoms. The lowest BCUT2D eigenvalue weighted by atomic mass is 9.85. The Balaban J connectivity index is 1.80. The number of anilines is 1. The minimum atomic E-state index is -0.577. The average Bonchev–Trinajstić information content (AvgIpc) is 2.63. The molecule has 2 heterocycles. The number of hydrogen-bond acceptors (Lipinski definition) is 7. The van der Waals surface area contributed by atoms with E-state index in [0.29, 0.717) is 38.2 Å². The lowest BCUT2D eigenvalue weighted by molar-refractivity contribution is -0.385. The molecule has 9 nitrogen and oxygen atoms in total. The third kappa shape index (κ3) is 3.42. The molecule has 3 rings (SSSR count). The molecule has 0 atom stereocenters. The molecule has 0 aliphatic carbocycles. The van der Waals surface area contributed by atoms with Crippen molar-refractivity contribution < 1.29 is 19.2 Å². The minimum absolute atomic E-state index is 0.0598. The van der Waals surface area contributed by atoms with Gasteiger partial charge in [-0.15, -0.1) is 0 Å². The van der Waals surface area contributed by atoms with Crippen LogP contribution in [0.4, 0.5) is 16.2 Å². The van der Waals surface area contributed by atoms with Gasteiger partial charge in [-0.25, -0.2) is 4.79 Å². The SMILES string of the molecule is CN1c2ccc([N+](=O)[O-])c(C#N)c2OCC12CCN(C(=O)OC(C)(C)C)CC2. The lowest BCUT2D eigenvalue weighted by Crippen LogP contribution is -2.60. The zero-order chi connectivity index (χ0) is 20.7. The van der Waals surface area contributed by atoms with E-state index in [1.165, 1.54) is 6.07 Å². The number of nitrogens with zero attached hydrogens (tertiary/aromatic N) is 4. The van der Waals surface area contributed by atoms with Gasteiger partial charge in [0.25, 0.3) is 5.69 Å². The molecule has 1 fully saturated rings. The summed E-state index contributed by atoms with van der Waals surface area (Å²) in [6.07, 6.45) is 1.01. The highest BCUT2D eigenvalue weighted by Gasteiger charge is 2.45. The fourth-order valence-corrected chi connectivity index (χ4v) is 3.70. The van der Waals surface area contributed by atoms with Gasteiger partial charge in [0.2, 0.25) is 0 Å². The van der Waals surface area contributed by atoms with Crippen LogP contribution in [0, 0.1) is 21.4 Å². The molecule has 0 N–H and O–H groups in total. The van der Waals surface area contributed by atoms with Crippen molar-refractivity contribution in [3.63, 3.8) is 0 Å². The van der Waals surface area contributed by atoms with Crippen LogP contribution in [0.2, 0.25) is 0 Å². The van der Waals surface area contributed by atoms with Crippen LogP contribution < -0.4 is 9.64 Å². The van der Waals surface area contributed by atoms with E-state index in [4.69, 9.17) is 9.47 Å². The molecule has 1 aromatic carbocycles. The summed E-state index contributed by atoms with van der Waals surface area (Å²) in [6.45, 7) is 6.85. The van der Waals surface area contributed by atoms with Gasteiger partial charge >= 0.3 is 6.09 Å². The number of likely N-dealkylation sites (N-methyl/N-ethyl adjacent to an activating group) is 1. The summed E-state index contributed by atoms with van der Waals surface area (Å²) in [5.74, 6) is 0.249. The highest BCUT2D eigenvalue weighted by Crippen LogP contribution is 2.45. The first-order chi connectivity index (χ1) is 13.1. The Labute approximate surface area is 163 Å². The lowest BCUT2D eigenvalue weighted by Gasteiger charge is -2.50. The summed E-state index contributed by atoms with van der Waals surface area (Å²) in [6, 6.07) is 4.86. The van der Waals surface area contributed by atoms with E-state index in [9.17, 15) is 20.2 Å². The van der Waals surface area contributed by atoms with Gasteiger partial charge in [0.1, 0.15) is 18.3 Å². The first-order valence-electron chi connectivity index (χ1n) is 9.14. The van der Waals surface area contributed by atoms with E-state index >= 15 is 0 Å². The number of rotatable bonds is 1. The second-order valence-electron chi connectivity index (χ2n) is 8.22. The zero-order valence-electron chi connectivity index (χ0n) is 16.5.